The van der Waals surface area contributed by atoms with Gasteiger partial charge in [0.15, 0.2) is 0 Å². The van der Waals surface area contributed by atoms with Gasteiger partial charge in [-0.2, -0.15) is 0 Å². The summed E-state index contributed by atoms with van der Waals surface area (Å²) in [5, 5.41) is 3.16. The summed E-state index contributed by atoms with van der Waals surface area (Å²) in [6.07, 6.45) is 0.989. The number of methoxy groups -OCH3 is 2. The number of ether oxygens (including phenoxy) is 2. The summed E-state index contributed by atoms with van der Waals surface area (Å²) in [6.45, 7) is 1.51. The number of para-hydroxylation sites is 1. The fraction of sp³-hybridized carbons (Fsp3) is 0.381. The number of carbonyl (C=O) groups is 1. The molecule has 0 aliphatic heterocycles. The van der Waals surface area contributed by atoms with Crippen LogP contribution in [0.1, 0.15) is 23.5 Å². The molecule has 2 aromatic carbocycles. The predicted octanol–water partition coefficient (Wildman–Crippen LogP) is 3.41. The van der Waals surface area contributed by atoms with E-state index in [0.29, 0.717) is 25.6 Å². The van der Waals surface area contributed by atoms with Crippen LogP contribution in [0.5, 0.6) is 5.75 Å². The second-order valence-electron chi connectivity index (χ2n) is 6.54. The van der Waals surface area contributed by atoms with E-state index in [1.165, 1.54) is 5.56 Å². The van der Waals surface area contributed by atoms with Gasteiger partial charge >= 0.3 is 6.03 Å². The molecule has 0 unspecified atom stereocenters. The molecule has 2 amide bonds. The van der Waals surface area contributed by atoms with Gasteiger partial charge in [0.05, 0.1) is 20.3 Å². The molecule has 26 heavy (non-hydrogen) atoms. The van der Waals surface area contributed by atoms with E-state index in [0.717, 1.165) is 17.7 Å². The fourth-order valence-corrected chi connectivity index (χ4v) is 3.17. The first kappa shape index (κ1) is 18.3. The lowest BCUT2D eigenvalue weighted by atomic mass is 10.1. The van der Waals surface area contributed by atoms with Gasteiger partial charge in [-0.15, -0.1) is 0 Å². The number of rotatable bonds is 8. The summed E-state index contributed by atoms with van der Waals surface area (Å²) >= 11 is 0. The van der Waals surface area contributed by atoms with Crippen LogP contribution in [0.3, 0.4) is 0 Å². The van der Waals surface area contributed by atoms with Crippen LogP contribution >= 0.6 is 0 Å². The summed E-state index contributed by atoms with van der Waals surface area (Å²) in [7, 11) is 3.29. The Morgan fingerprint density at radius 2 is 1.85 bits per heavy atom. The number of hydrogen-bond acceptors (Lipinski definition) is 3. The lowest BCUT2D eigenvalue weighted by Crippen LogP contribution is -2.42. The van der Waals surface area contributed by atoms with Gasteiger partial charge in [0, 0.05) is 31.2 Å². The van der Waals surface area contributed by atoms with E-state index < -0.39 is 0 Å². The summed E-state index contributed by atoms with van der Waals surface area (Å²) in [5.41, 5.74) is 2.27. The van der Waals surface area contributed by atoms with Crippen LogP contribution in [-0.4, -0.2) is 44.3 Å². The molecule has 2 aromatic rings. The molecular weight excluding hydrogens is 328 g/mol. The number of benzene rings is 2. The van der Waals surface area contributed by atoms with Crippen molar-refractivity contribution in [2.45, 2.75) is 24.9 Å². The molecule has 1 fully saturated rings. The van der Waals surface area contributed by atoms with Crippen molar-refractivity contribution in [2.75, 3.05) is 27.4 Å². The third-order valence-corrected chi connectivity index (χ3v) is 4.73. The second-order valence-corrected chi connectivity index (χ2v) is 6.54. The number of hydrogen-bond donors (Lipinski definition) is 1. The summed E-state index contributed by atoms with van der Waals surface area (Å²) < 4.78 is 10.6. The highest BCUT2D eigenvalue weighted by Crippen LogP contribution is 2.40. The summed E-state index contributed by atoms with van der Waals surface area (Å²) in [5.74, 6) is 1.20. The number of carbonyl (C=O) groups excluding carboxylic acids is 1. The Morgan fingerprint density at radius 3 is 2.58 bits per heavy atom. The molecule has 5 heteroatoms. The fourth-order valence-electron chi connectivity index (χ4n) is 3.17. The molecule has 1 aliphatic rings. The zero-order chi connectivity index (χ0) is 18.4. The molecule has 138 valence electrons. The van der Waals surface area contributed by atoms with Crippen LogP contribution < -0.4 is 10.1 Å². The minimum Gasteiger partial charge on any atom is -0.496 e. The van der Waals surface area contributed by atoms with Gasteiger partial charge in [0.2, 0.25) is 0 Å². The van der Waals surface area contributed by atoms with Crippen molar-refractivity contribution in [3.05, 3.63) is 65.7 Å². The maximum absolute atomic E-state index is 12.8. The van der Waals surface area contributed by atoms with Gasteiger partial charge in [0.25, 0.3) is 0 Å². The van der Waals surface area contributed by atoms with E-state index in [4.69, 9.17) is 9.47 Å². The predicted molar refractivity (Wildman–Crippen MR) is 101 cm³/mol. The Hall–Kier alpha value is -2.53. The van der Waals surface area contributed by atoms with Crippen molar-refractivity contribution in [1.82, 2.24) is 10.2 Å². The average Bonchev–Trinajstić information content (AvgIpc) is 3.45. The Morgan fingerprint density at radius 1 is 1.12 bits per heavy atom. The van der Waals surface area contributed by atoms with Gasteiger partial charge in [-0.1, -0.05) is 48.5 Å². The SMILES string of the molecule is COCCN(Cc1ccccc1OC)C(=O)N[C@@H]1C[C@H]1c1ccccc1. The standard InChI is InChI=1S/C21H26N2O3/c1-25-13-12-23(15-17-10-6-7-11-20(17)26-2)21(24)22-19-14-18(19)16-8-4-3-5-9-16/h3-11,18-19H,12-15H2,1-2H3,(H,22,24)/t18-,19+/m0/s1. The smallest absolute Gasteiger partial charge is 0.318 e. The topological polar surface area (TPSA) is 50.8 Å². The van der Waals surface area contributed by atoms with Crippen LogP contribution in [0, 0.1) is 0 Å². The minimum atomic E-state index is -0.0589. The normalized spacial score (nSPS) is 18.2. The quantitative estimate of drug-likeness (QED) is 0.790. The van der Waals surface area contributed by atoms with Crippen molar-refractivity contribution >= 4 is 6.03 Å². The van der Waals surface area contributed by atoms with Crippen molar-refractivity contribution in [2.24, 2.45) is 0 Å². The van der Waals surface area contributed by atoms with Crippen molar-refractivity contribution < 1.29 is 14.3 Å². The third kappa shape index (κ3) is 4.55. The highest BCUT2D eigenvalue weighted by molar-refractivity contribution is 5.75. The highest BCUT2D eigenvalue weighted by atomic mass is 16.5. The maximum Gasteiger partial charge on any atom is 0.318 e. The highest BCUT2D eigenvalue weighted by Gasteiger charge is 2.40. The molecule has 1 N–H and O–H groups in total. The number of nitrogens with zero attached hydrogens (tertiary/aromatic N) is 1. The zero-order valence-electron chi connectivity index (χ0n) is 15.4. The average molecular weight is 354 g/mol. The van der Waals surface area contributed by atoms with Gasteiger partial charge in [-0.3, -0.25) is 0 Å². The largest absolute Gasteiger partial charge is 0.496 e. The molecule has 1 aliphatic carbocycles. The first-order valence-corrected chi connectivity index (χ1v) is 8.94. The van der Waals surface area contributed by atoms with Gasteiger partial charge < -0.3 is 19.7 Å². The number of nitrogens with one attached hydrogen (secondary N) is 1. The lowest BCUT2D eigenvalue weighted by molar-refractivity contribution is 0.145. The van der Waals surface area contributed by atoms with Crippen molar-refractivity contribution in [3.63, 3.8) is 0 Å². The molecule has 0 bridgehead atoms. The van der Waals surface area contributed by atoms with E-state index in [-0.39, 0.29) is 12.1 Å². The molecule has 0 spiro atoms. The van der Waals surface area contributed by atoms with Crippen LogP contribution in [0.4, 0.5) is 4.79 Å². The van der Waals surface area contributed by atoms with Crippen LogP contribution in [-0.2, 0) is 11.3 Å². The zero-order valence-corrected chi connectivity index (χ0v) is 15.4. The molecular formula is C21H26N2O3. The number of amides is 2. The first-order chi connectivity index (χ1) is 12.7. The van der Waals surface area contributed by atoms with E-state index in [1.54, 1.807) is 19.1 Å². The van der Waals surface area contributed by atoms with Crippen LogP contribution in [0.2, 0.25) is 0 Å². The van der Waals surface area contributed by atoms with E-state index in [9.17, 15) is 4.79 Å². The third-order valence-electron chi connectivity index (χ3n) is 4.73. The molecule has 5 nitrogen and oxygen atoms in total. The van der Waals surface area contributed by atoms with Gasteiger partial charge in [-0.05, 0) is 18.1 Å². The lowest BCUT2D eigenvalue weighted by Gasteiger charge is -2.24. The number of urea groups is 1. The molecule has 3 rings (SSSR count). The Labute approximate surface area is 154 Å². The van der Waals surface area contributed by atoms with Crippen LogP contribution in [0.15, 0.2) is 54.6 Å². The minimum absolute atomic E-state index is 0.0589. The summed E-state index contributed by atoms with van der Waals surface area (Å²) in [6, 6.07) is 18.3. The Bertz CT molecular complexity index is 720. The summed E-state index contributed by atoms with van der Waals surface area (Å²) in [4.78, 5) is 14.6. The second kappa shape index (κ2) is 8.72. The van der Waals surface area contributed by atoms with E-state index in [1.807, 2.05) is 42.5 Å². The monoisotopic (exact) mass is 354 g/mol. The Balaban J connectivity index is 1.63. The van der Waals surface area contributed by atoms with Crippen molar-refractivity contribution in [3.8, 4) is 5.75 Å². The Kier molecular flexibility index (Phi) is 6.12. The van der Waals surface area contributed by atoms with Gasteiger partial charge in [-0.25, -0.2) is 4.79 Å². The van der Waals surface area contributed by atoms with Crippen molar-refractivity contribution in [1.29, 1.82) is 0 Å². The molecule has 0 saturated heterocycles. The van der Waals surface area contributed by atoms with E-state index >= 15 is 0 Å². The molecule has 0 aromatic heterocycles. The molecule has 2 atom stereocenters. The van der Waals surface area contributed by atoms with Crippen LogP contribution in [0.25, 0.3) is 0 Å². The molecule has 1 saturated carbocycles. The van der Waals surface area contributed by atoms with Gasteiger partial charge in [0.1, 0.15) is 5.75 Å². The maximum atomic E-state index is 12.8. The molecule has 0 heterocycles. The van der Waals surface area contributed by atoms with E-state index in [2.05, 4.69) is 17.4 Å². The first-order valence-electron chi connectivity index (χ1n) is 8.94. The molecule has 0 radical (unpaired) electrons.